The van der Waals surface area contributed by atoms with Crippen LogP contribution < -0.4 is 4.90 Å². The Balaban J connectivity index is 1.66. The van der Waals surface area contributed by atoms with Gasteiger partial charge in [-0.15, -0.1) is 0 Å². The summed E-state index contributed by atoms with van der Waals surface area (Å²) < 4.78 is 5.42. The summed E-state index contributed by atoms with van der Waals surface area (Å²) >= 11 is 6.02. The second-order valence-corrected chi connectivity index (χ2v) is 7.85. The molecule has 2 aliphatic heterocycles. The summed E-state index contributed by atoms with van der Waals surface area (Å²) in [5.74, 6) is 0.114. The summed E-state index contributed by atoms with van der Waals surface area (Å²) in [6, 6.07) is 5.73. The quantitative estimate of drug-likeness (QED) is 0.777. The molecule has 5 nitrogen and oxygen atoms in total. The monoisotopic (exact) mass is 350 g/mol. The van der Waals surface area contributed by atoms with Gasteiger partial charge in [0.1, 0.15) is 5.60 Å². The first-order valence-electron chi connectivity index (χ1n) is 8.33. The summed E-state index contributed by atoms with van der Waals surface area (Å²) in [7, 11) is 0. The van der Waals surface area contributed by atoms with Crippen molar-refractivity contribution in [3.8, 4) is 0 Å². The minimum atomic E-state index is -0.489. The largest absolute Gasteiger partial charge is 0.444 e. The molecule has 0 atom stereocenters. The van der Waals surface area contributed by atoms with Crippen molar-refractivity contribution in [3.05, 3.63) is 28.8 Å². The van der Waals surface area contributed by atoms with Crippen molar-refractivity contribution < 1.29 is 14.3 Å². The molecule has 1 fully saturated rings. The molecule has 0 radical (unpaired) electrons. The van der Waals surface area contributed by atoms with Gasteiger partial charge in [-0.25, -0.2) is 4.79 Å². The van der Waals surface area contributed by atoms with Gasteiger partial charge in [-0.3, -0.25) is 4.79 Å². The number of nitrogens with zero attached hydrogens (tertiary/aromatic N) is 2. The number of rotatable bonds is 1. The van der Waals surface area contributed by atoms with Crippen LogP contribution in [0.3, 0.4) is 0 Å². The van der Waals surface area contributed by atoms with E-state index in [4.69, 9.17) is 16.3 Å². The zero-order valence-electron chi connectivity index (χ0n) is 14.3. The first-order valence-corrected chi connectivity index (χ1v) is 8.71. The number of fused-ring (bicyclic) bond motifs is 1. The number of piperidine rings is 1. The number of hydrogen-bond donors (Lipinski definition) is 0. The van der Waals surface area contributed by atoms with Crippen molar-refractivity contribution in [2.24, 2.45) is 0 Å². The van der Waals surface area contributed by atoms with Gasteiger partial charge < -0.3 is 14.5 Å². The van der Waals surface area contributed by atoms with Gasteiger partial charge in [0.05, 0.1) is 6.42 Å². The van der Waals surface area contributed by atoms with E-state index in [1.54, 1.807) is 4.90 Å². The average Bonchev–Trinajstić information content (AvgIpc) is 2.80. The molecule has 0 spiro atoms. The van der Waals surface area contributed by atoms with Crippen LogP contribution in [-0.2, 0) is 16.0 Å². The molecular formula is C18H23ClN2O3. The highest BCUT2D eigenvalue weighted by atomic mass is 35.5. The van der Waals surface area contributed by atoms with Crippen LogP contribution in [0.25, 0.3) is 0 Å². The Hall–Kier alpha value is -1.75. The number of carbonyl (C=O) groups is 2. The summed E-state index contributed by atoms with van der Waals surface area (Å²) in [5.41, 5.74) is 1.46. The van der Waals surface area contributed by atoms with E-state index in [1.807, 2.05) is 43.9 Å². The summed E-state index contributed by atoms with van der Waals surface area (Å²) in [6.45, 7) is 6.80. The van der Waals surface area contributed by atoms with Crippen LogP contribution in [0.4, 0.5) is 10.5 Å². The normalized spacial score (nSPS) is 18.8. The third-order valence-corrected chi connectivity index (χ3v) is 4.63. The number of likely N-dealkylation sites (tertiary alicyclic amines) is 1. The summed E-state index contributed by atoms with van der Waals surface area (Å²) in [6.07, 6.45) is 1.64. The van der Waals surface area contributed by atoms with Gasteiger partial charge in [0.15, 0.2) is 0 Å². The molecule has 1 aromatic carbocycles. The maximum atomic E-state index is 12.4. The van der Waals surface area contributed by atoms with Gasteiger partial charge in [0.25, 0.3) is 0 Å². The zero-order valence-corrected chi connectivity index (χ0v) is 15.1. The van der Waals surface area contributed by atoms with Gasteiger partial charge >= 0.3 is 6.09 Å². The fourth-order valence-electron chi connectivity index (χ4n) is 3.35. The highest BCUT2D eigenvalue weighted by molar-refractivity contribution is 6.30. The fraction of sp³-hybridized carbons (Fsp3) is 0.556. The van der Waals surface area contributed by atoms with Crippen molar-refractivity contribution in [3.63, 3.8) is 0 Å². The van der Waals surface area contributed by atoms with Gasteiger partial charge in [-0.2, -0.15) is 0 Å². The van der Waals surface area contributed by atoms with Crippen molar-refractivity contribution in [1.29, 1.82) is 0 Å². The van der Waals surface area contributed by atoms with Crippen molar-refractivity contribution in [1.82, 2.24) is 4.90 Å². The van der Waals surface area contributed by atoms with E-state index in [0.29, 0.717) is 24.5 Å². The van der Waals surface area contributed by atoms with Gasteiger partial charge in [0, 0.05) is 29.8 Å². The van der Waals surface area contributed by atoms with Gasteiger partial charge in [0.2, 0.25) is 5.91 Å². The van der Waals surface area contributed by atoms with Crippen LogP contribution in [0, 0.1) is 0 Å². The molecule has 1 aromatic rings. The predicted molar refractivity (Wildman–Crippen MR) is 93.5 cm³/mol. The molecule has 2 aliphatic rings. The zero-order chi connectivity index (χ0) is 17.5. The van der Waals surface area contributed by atoms with E-state index in [0.717, 1.165) is 24.1 Å². The van der Waals surface area contributed by atoms with Crippen LogP contribution in [0.15, 0.2) is 18.2 Å². The number of carbonyl (C=O) groups excluding carboxylic acids is 2. The highest BCUT2D eigenvalue weighted by Gasteiger charge is 2.36. The van der Waals surface area contributed by atoms with Crippen LogP contribution >= 0.6 is 11.6 Å². The van der Waals surface area contributed by atoms with Crippen molar-refractivity contribution in [2.45, 2.75) is 51.7 Å². The Morgan fingerprint density at radius 3 is 2.54 bits per heavy atom. The molecule has 0 N–H and O–H groups in total. The Bertz CT molecular complexity index is 661. The first-order chi connectivity index (χ1) is 11.2. The second kappa shape index (κ2) is 6.28. The molecule has 24 heavy (non-hydrogen) atoms. The van der Waals surface area contributed by atoms with Crippen LogP contribution in [-0.4, -0.2) is 41.6 Å². The standard InChI is InChI=1S/C18H23ClN2O3/c1-18(2,3)24-17(23)20-8-6-14(7-9-20)21-15-5-4-13(19)10-12(15)11-16(21)22/h4-5,10,14H,6-9,11H2,1-3H3. The topological polar surface area (TPSA) is 49.9 Å². The molecule has 130 valence electrons. The lowest BCUT2D eigenvalue weighted by molar-refractivity contribution is -0.118. The number of ether oxygens (including phenoxy) is 1. The molecule has 0 saturated carbocycles. The van der Waals surface area contributed by atoms with E-state index >= 15 is 0 Å². The van der Waals surface area contributed by atoms with E-state index in [2.05, 4.69) is 0 Å². The molecule has 0 bridgehead atoms. The molecule has 6 heteroatoms. The molecule has 2 amide bonds. The Labute approximate surface area is 147 Å². The molecular weight excluding hydrogens is 328 g/mol. The lowest BCUT2D eigenvalue weighted by Crippen LogP contribution is -2.49. The van der Waals surface area contributed by atoms with Gasteiger partial charge in [-0.1, -0.05) is 11.6 Å². The van der Waals surface area contributed by atoms with E-state index in [-0.39, 0.29) is 18.0 Å². The maximum Gasteiger partial charge on any atom is 0.410 e. The Morgan fingerprint density at radius 2 is 1.92 bits per heavy atom. The number of halogens is 1. The number of hydrogen-bond acceptors (Lipinski definition) is 3. The Morgan fingerprint density at radius 1 is 1.25 bits per heavy atom. The van der Waals surface area contributed by atoms with Crippen LogP contribution in [0.2, 0.25) is 5.02 Å². The van der Waals surface area contributed by atoms with E-state index in [9.17, 15) is 9.59 Å². The smallest absolute Gasteiger partial charge is 0.410 e. The minimum absolute atomic E-state index is 0.114. The van der Waals surface area contributed by atoms with Gasteiger partial charge in [-0.05, 0) is 57.4 Å². The van der Waals surface area contributed by atoms with E-state index < -0.39 is 5.60 Å². The average molecular weight is 351 g/mol. The van der Waals surface area contributed by atoms with E-state index in [1.165, 1.54) is 0 Å². The SMILES string of the molecule is CC(C)(C)OC(=O)N1CCC(N2C(=O)Cc3cc(Cl)ccc32)CC1. The molecule has 3 rings (SSSR count). The maximum absolute atomic E-state index is 12.4. The fourth-order valence-corrected chi connectivity index (χ4v) is 3.54. The number of amides is 2. The number of anilines is 1. The Kier molecular flexibility index (Phi) is 4.47. The summed E-state index contributed by atoms with van der Waals surface area (Å²) in [5, 5.41) is 0.656. The predicted octanol–water partition coefficient (Wildman–Crippen LogP) is 3.63. The number of benzene rings is 1. The summed E-state index contributed by atoms with van der Waals surface area (Å²) in [4.78, 5) is 28.2. The molecule has 0 aromatic heterocycles. The first kappa shape index (κ1) is 17.1. The molecule has 1 saturated heterocycles. The lowest BCUT2D eigenvalue weighted by Gasteiger charge is -2.37. The molecule has 2 heterocycles. The third-order valence-electron chi connectivity index (χ3n) is 4.39. The third kappa shape index (κ3) is 3.51. The molecule has 0 aliphatic carbocycles. The van der Waals surface area contributed by atoms with Crippen molar-refractivity contribution in [2.75, 3.05) is 18.0 Å². The highest BCUT2D eigenvalue weighted by Crippen LogP contribution is 2.35. The molecule has 0 unspecified atom stereocenters. The second-order valence-electron chi connectivity index (χ2n) is 7.41. The van der Waals surface area contributed by atoms with Crippen LogP contribution in [0.5, 0.6) is 0 Å². The van der Waals surface area contributed by atoms with Crippen LogP contribution in [0.1, 0.15) is 39.2 Å². The van der Waals surface area contributed by atoms with Crippen molar-refractivity contribution >= 4 is 29.3 Å². The minimum Gasteiger partial charge on any atom is -0.444 e. The lowest BCUT2D eigenvalue weighted by atomic mass is 10.0.